The van der Waals surface area contributed by atoms with Gasteiger partial charge in [0.2, 0.25) is 0 Å². The van der Waals surface area contributed by atoms with E-state index in [9.17, 15) is 17.6 Å². The predicted octanol–water partition coefficient (Wildman–Crippen LogP) is 2.94. The molecule has 106 valence electrons. The van der Waals surface area contributed by atoms with Gasteiger partial charge in [-0.2, -0.15) is 23.4 Å². The summed E-state index contributed by atoms with van der Waals surface area (Å²) in [6.45, 7) is 0. The molecule has 0 amide bonds. The van der Waals surface area contributed by atoms with Gasteiger partial charge in [-0.25, -0.2) is 4.39 Å². The highest BCUT2D eigenvalue weighted by Crippen LogP contribution is 2.33. The summed E-state index contributed by atoms with van der Waals surface area (Å²) in [5.74, 6) is -1.29. The predicted molar refractivity (Wildman–Crippen MR) is 64.3 cm³/mol. The normalized spacial score (nSPS) is 13.2. The molecular weight excluding hydrogens is 274 g/mol. The minimum Gasteiger partial charge on any atom is -0.309 e. The summed E-state index contributed by atoms with van der Waals surface area (Å²) in [6, 6.07) is 4.06. The van der Waals surface area contributed by atoms with E-state index in [4.69, 9.17) is 0 Å². The number of benzene rings is 1. The van der Waals surface area contributed by atoms with Crippen molar-refractivity contribution in [2.75, 3.05) is 7.05 Å². The van der Waals surface area contributed by atoms with Crippen LogP contribution in [0.3, 0.4) is 0 Å². The van der Waals surface area contributed by atoms with Gasteiger partial charge in [0.1, 0.15) is 5.82 Å². The van der Waals surface area contributed by atoms with Crippen molar-refractivity contribution in [3.63, 3.8) is 0 Å². The zero-order valence-corrected chi connectivity index (χ0v) is 10.4. The quantitative estimate of drug-likeness (QED) is 0.881. The molecule has 0 saturated carbocycles. The Kier molecular flexibility index (Phi) is 3.99. The summed E-state index contributed by atoms with van der Waals surface area (Å²) < 4.78 is 51.1. The Balaban J connectivity index is 2.40. The van der Waals surface area contributed by atoms with Crippen LogP contribution in [-0.2, 0) is 6.18 Å². The molecule has 0 fully saturated rings. The maximum absolute atomic E-state index is 13.6. The Morgan fingerprint density at radius 1 is 1.10 bits per heavy atom. The molecule has 0 aliphatic rings. The fourth-order valence-corrected chi connectivity index (χ4v) is 1.94. The lowest BCUT2D eigenvalue weighted by molar-refractivity contribution is -0.140. The second-order valence-corrected chi connectivity index (χ2v) is 4.13. The SMILES string of the molecule is CNC(c1ccnnc1)c1ccc(C(F)(F)F)c(F)c1. The summed E-state index contributed by atoms with van der Waals surface area (Å²) in [6.07, 6.45) is -1.77. The Bertz CT molecular complexity index is 584. The molecule has 2 aromatic rings. The number of hydrogen-bond donors (Lipinski definition) is 1. The molecule has 0 spiro atoms. The van der Waals surface area contributed by atoms with Gasteiger partial charge in [0.15, 0.2) is 0 Å². The minimum atomic E-state index is -4.70. The third kappa shape index (κ3) is 2.93. The molecule has 1 unspecified atom stereocenters. The standard InChI is InChI=1S/C13H11F4N3/c1-18-12(9-4-5-19-20-7-9)8-2-3-10(11(14)6-8)13(15,16)17/h2-7,12,18H,1H3. The topological polar surface area (TPSA) is 37.8 Å². The molecule has 0 bridgehead atoms. The van der Waals surface area contributed by atoms with Crippen LogP contribution < -0.4 is 5.32 Å². The zero-order chi connectivity index (χ0) is 14.8. The van der Waals surface area contributed by atoms with Gasteiger partial charge >= 0.3 is 6.18 Å². The molecule has 1 atom stereocenters. The van der Waals surface area contributed by atoms with Crippen molar-refractivity contribution in [1.82, 2.24) is 15.5 Å². The summed E-state index contributed by atoms with van der Waals surface area (Å²) in [5.41, 5.74) is -0.211. The fraction of sp³-hybridized carbons (Fsp3) is 0.231. The Morgan fingerprint density at radius 2 is 1.85 bits per heavy atom. The lowest BCUT2D eigenvalue weighted by Crippen LogP contribution is -2.19. The Hall–Kier alpha value is -2.02. The van der Waals surface area contributed by atoms with E-state index in [0.29, 0.717) is 11.1 Å². The van der Waals surface area contributed by atoms with Crippen LogP contribution in [0, 0.1) is 5.82 Å². The second kappa shape index (κ2) is 5.54. The van der Waals surface area contributed by atoms with E-state index in [-0.39, 0.29) is 0 Å². The first kappa shape index (κ1) is 14.4. The molecule has 1 aromatic heterocycles. The number of halogens is 4. The molecule has 2 rings (SSSR count). The lowest BCUT2D eigenvalue weighted by atomic mass is 9.99. The molecule has 1 N–H and O–H groups in total. The van der Waals surface area contributed by atoms with Crippen LogP contribution in [0.4, 0.5) is 17.6 Å². The van der Waals surface area contributed by atoms with Crippen molar-refractivity contribution < 1.29 is 17.6 Å². The molecule has 1 heterocycles. The first-order chi connectivity index (χ1) is 9.43. The molecule has 3 nitrogen and oxygen atoms in total. The first-order valence-electron chi connectivity index (χ1n) is 5.74. The van der Waals surface area contributed by atoms with Crippen LogP contribution in [-0.4, -0.2) is 17.2 Å². The number of alkyl halides is 3. The smallest absolute Gasteiger partial charge is 0.309 e. The number of nitrogens with one attached hydrogen (secondary N) is 1. The lowest BCUT2D eigenvalue weighted by Gasteiger charge is -2.18. The summed E-state index contributed by atoms with van der Waals surface area (Å²) in [4.78, 5) is 0. The van der Waals surface area contributed by atoms with Crippen molar-refractivity contribution in [1.29, 1.82) is 0 Å². The molecule has 0 radical (unpaired) electrons. The zero-order valence-electron chi connectivity index (χ0n) is 10.4. The van der Waals surface area contributed by atoms with Gasteiger partial charge in [-0.15, -0.1) is 0 Å². The number of aromatic nitrogens is 2. The highest BCUT2D eigenvalue weighted by Gasteiger charge is 2.34. The van der Waals surface area contributed by atoms with E-state index in [0.717, 1.165) is 12.1 Å². The van der Waals surface area contributed by atoms with Crippen LogP contribution in [0.5, 0.6) is 0 Å². The minimum absolute atomic E-state index is 0.381. The monoisotopic (exact) mass is 285 g/mol. The summed E-state index contributed by atoms with van der Waals surface area (Å²) >= 11 is 0. The second-order valence-electron chi connectivity index (χ2n) is 4.13. The maximum atomic E-state index is 13.6. The molecule has 0 saturated heterocycles. The van der Waals surface area contributed by atoms with Gasteiger partial charge in [-0.1, -0.05) is 6.07 Å². The van der Waals surface area contributed by atoms with Crippen LogP contribution >= 0.6 is 0 Å². The van der Waals surface area contributed by atoms with E-state index in [1.807, 2.05) is 0 Å². The van der Waals surface area contributed by atoms with Crippen LogP contribution in [0.1, 0.15) is 22.7 Å². The van der Waals surface area contributed by atoms with Crippen molar-refractivity contribution in [2.45, 2.75) is 12.2 Å². The van der Waals surface area contributed by atoms with Gasteiger partial charge in [-0.05, 0) is 36.4 Å². The molecule has 1 aromatic carbocycles. The number of nitrogens with zero attached hydrogens (tertiary/aromatic N) is 2. The number of hydrogen-bond acceptors (Lipinski definition) is 3. The van der Waals surface area contributed by atoms with Gasteiger partial charge < -0.3 is 5.32 Å². The van der Waals surface area contributed by atoms with E-state index >= 15 is 0 Å². The summed E-state index contributed by atoms with van der Waals surface area (Å²) in [7, 11) is 1.63. The van der Waals surface area contributed by atoms with Crippen LogP contribution in [0.25, 0.3) is 0 Å². The Morgan fingerprint density at radius 3 is 2.35 bits per heavy atom. The van der Waals surface area contributed by atoms with Crippen molar-refractivity contribution >= 4 is 0 Å². The largest absolute Gasteiger partial charge is 0.419 e. The van der Waals surface area contributed by atoms with Crippen molar-refractivity contribution in [3.05, 3.63) is 59.2 Å². The average molecular weight is 285 g/mol. The van der Waals surface area contributed by atoms with E-state index in [2.05, 4.69) is 15.5 Å². The highest BCUT2D eigenvalue weighted by molar-refractivity contribution is 5.33. The molecule has 7 heteroatoms. The van der Waals surface area contributed by atoms with Crippen LogP contribution in [0.15, 0.2) is 36.7 Å². The number of rotatable bonds is 3. The fourth-order valence-electron chi connectivity index (χ4n) is 1.94. The van der Waals surface area contributed by atoms with Crippen molar-refractivity contribution in [2.24, 2.45) is 0 Å². The van der Waals surface area contributed by atoms with E-state index < -0.39 is 23.6 Å². The van der Waals surface area contributed by atoms with Gasteiger partial charge in [0.05, 0.1) is 17.8 Å². The maximum Gasteiger partial charge on any atom is 0.419 e. The van der Waals surface area contributed by atoms with E-state index in [1.165, 1.54) is 18.5 Å². The Labute approximate surface area is 112 Å². The average Bonchev–Trinajstić information content (AvgIpc) is 2.39. The third-order valence-electron chi connectivity index (χ3n) is 2.86. The van der Waals surface area contributed by atoms with Crippen LogP contribution in [0.2, 0.25) is 0 Å². The molecular formula is C13H11F4N3. The molecule has 0 aliphatic carbocycles. The van der Waals surface area contributed by atoms with Gasteiger partial charge in [0.25, 0.3) is 0 Å². The first-order valence-corrected chi connectivity index (χ1v) is 5.74. The van der Waals surface area contributed by atoms with Gasteiger partial charge in [0, 0.05) is 6.20 Å². The van der Waals surface area contributed by atoms with Crippen molar-refractivity contribution in [3.8, 4) is 0 Å². The van der Waals surface area contributed by atoms with Gasteiger partial charge in [-0.3, -0.25) is 0 Å². The molecule has 0 aliphatic heterocycles. The summed E-state index contributed by atoms with van der Waals surface area (Å²) in [5, 5.41) is 10.2. The van der Waals surface area contributed by atoms with E-state index in [1.54, 1.807) is 13.1 Å². The molecule has 20 heavy (non-hydrogen) atoms. The third-order valence-corrected chi connectivity index (χ3v) is 2.86. The highest BCUT2D eigenvalue weighted by atomic mass is 19.4.